The van der Waals surface area contributed by atoms with Gasteiger partial charge in [0.15, 0.2) is 5.78 Å². The van der Waals surface area contributed by atoms with Crippen LogP contribution in [0.2, 0.25) is 0 Å². The van der Waals surface area contributed by atoms with Crippen LogP contribution in [0.1, 0.15) is 28.9 Å². The molecule has 0 amide bonds. The third-order valence-electron chi connectivity index (χ3n) is 4.90. The maximum absolute atomic E-state index is 13.7. The Kier molecular flexibility index (Phi) is 7.61. The summed E-state index contributed by atoms with van der Waals surface area (Å²) in [6.45, 7) is 0. The third-order valence-corrected chi connectivity index (χ3v) is 5.53. The maximum atomic E-state index is 13.7. The summed E-state index contributed by atoms with van der Waals surface area (Å²) in [7, 11) is 4.83. The zero-order valence-corrected chi connectivity index (χ0v) is 18.6. The van der Waals surface area contributed by atoms with Crippen LogP contribution in [-0.2, 0) is 0 Å². The van der Waals surface area contributed by atoms with Crippen LogP contribution in [0.25, 0.3) is 5.57 Å². The van der Waals surface area contributed by atoms with Gasteiger partial charge in [0, 0.05) is 54.3 Å². The van der Waals surface area contributed by atoms with Crippen LogP contribution >= 0.6 is 11.5 Å². The molecule has 3 N–H and O–H groups in total. The number of rotatable bonds is 9. The fourth-order valence-electron chi connectivity index (χ4n) is 3.34. The van der Waals surface area contributed by atoms with E-state index in [9.17, 15) is 4.79 Å². The van der Waals surface area contributed by atoms with Crippen molar-refractivity contribution in [2.45, 2.75) is 18.9 Å². The van der Waals surface area contributed by atoms with Crippen LogP contribution < -0.4 is 20.5 Å². The molecule has 7 nitrogen and oxygen atoms in total. The molecule has 0 bridgehead atoms. The highest BCUT2D eigenvalue weighted by molar-refractivity contribution is 7.04. The summed E-state index contributed by atoms with van der Waals surface area (Å²) in [6.07, 6.45) is 10.7. The number of Topliss-reactive ketones (excluding diaryl/α,β-unsaturated/α-hetero) is 1. The van der Waals surface area contributed by atoms with Crippen molar-refractivity contribution in [3.05, 3.63) is 64.8 Å². The second-order valence-corrected chi connectivity index (χ2v) is 7.47. The first-order valence-electron chi connectivity index (χ1n) is 9.79. The number of benzene rings is 1. The number of nitrogens with zero attached hydrogens (tertiary/aromatic N) is 2. The summed E-state index contributed by atoms with van der Waals surface area (Å²) in [6, 6.07) is 4.89. The molecule has 1 heterocycles. The highest BCUT2D eigenvalue weighted by Gasteiger charge is 2.28. The van der Waals surface area contributed by atoms with Gasteiger partial charge in [-0.05, 0) is 29.9 Å². The van der Waals surface area contributed by atoms with Gasteiger partial charge in [-0.1, -0.05) is 18.2 Å². The van der Waals surface area contributed by atoms with Crippen LogP contribution in [0, 0.1) is 0 Å². The van der Waals surface area contributed by atoms with E-state index in [1.54, 1.807) is 38.9 Å². The SMILES string of the molecule is CN=CC(=CN)c1nscc1C(=O)C(Nc1cc(OC)cc(OC)c1)C1=CC=CCC1. The number of carbonyl (C=O) groups excluding carboxylic acids is 1. The topological polar surface area (TPSA) is 98.8 Å². The van der Waals surface area contributed by atoms with Gasteiger partial charge in [0.05, 0.1) is 25.5 Å². The Morgan fingerprint density at radius 2 is 2.03 bits per heavy atom. The normalized spacial score (nSPS) is 14.9. The minimum Gasteiger partial charge on any atom is -0.497 e. The van der Waals surface area contributed by atoms with Crippen LogP contribution in [0.4, 0.5) is 5.69 Å². The number of nitrogens with two attached hydrogens (primary N) is 1. The number of ketones is 1. The number of hydrogen-bond donors (Lipinski definition) is 2. The van der Waals surface area contributed by atoms with E-state index in [0.717, 1.165) is 24.1 Å². The number of anilines is 1. The molecule has 1 aliphatic rings. The summed E-state index contributed by atoms with van der Waals surface area (Å²) in [5.41, 5.74) is 9.12. The third kappa shape index (κ3) is 5.21. The molecule has 1 aromatic carbocycles. The molecule has 0 saturated carbocycles. The van der Waals surface area contributed by atoms with Gasteiger partial charge in [-0.3, -0.25) is 9.79 Å². The Morgan fingerprint density at radius 3 is 2.61 bits per heavy atom. The molecule has 0 spiro atoms. The molecule has 2 aromatic rings. The summed E-state index contributed by atoms with van der Waals surface area (Å²) in [4.78, 5) is 17.7. The van der Waals surface area contributed by atoms with Gasteiger partial charge in [-0.2, -0.15) is 4.37 Å². The molecular formula is C23H26N4O3S. The molecule has 0 aliphatic heterocycles. The van der Waals surface area contributed by atoms with Crippen molar-refractivity contribution in [3.8, 4) is 11.5 Å². The van der Waals surface area contributed by atoms with E-state index >= 15 is 0 Å². The summed E-state index contributed by atoms with van der Waals surface area (Å²) < 4.78 is 15.1. The van der Waals surface area contributed by atoms with Crippen LogP contribution in [0.15, 0.2) is 58.6 Å². The Hall–Kier alpha value is -3.39. The predicted octanol–water partition coefficient (Wildman–Crippen LogP) is 4.10. The van der Waals surface area contributed by atoms with E-state index in [0.29, 0.717) is 28.3 Å². The second-order valence-electron chi connectivity index (χ2n) is 6.84. The van der Waals surface area contributed by atoms with Crippen molar-refractivity contribution in [2.75, 3.05) is 26.6 Å². The molecule has 1 aliphatic carbocycles. The number of allylic oxidation sites excluding steroid dienone is 4. The van der Waals surface area contributed by atoms with E-state index in [-0.39, 0.29) is 5.78 Å². The maximum Gasteiger partial charge on any atom is 0.192 e. The van der Waals surface area contributed by atoms with E-state index < -0.39 is 6.04 Å². The number of hydrogen-bond acceptors (Lipinski definition) is 8. The number of aliphatic imine (C=N–C) groups is 1. The Bertz CT molecular complexity index is 1030. The molecule has 0 radical (unpaired) electrons. The largest absolute Gasteiger partial charge is 0.497 e. The van der Waals surface area contributed by atoms with Crippen molar-refractivity contribution in [3.63, 3.8) is 0 Å². The molecule has 31 heavy (non-hydrogen) atoms. The van der Waals surface area contributed by atoms with Crippen molar-refractivity contribution >= 4 is 34.8 Å². The van der Waals surface area contributed by atoms with Crippen LogP contribution in [-0.4, -0.2) is 43.7 Å². The van der Waals surface area contributed by atoms with E-state index in [4.69, 9.17) is 15.2 Å². The van der Waals surface area contributed by atoms with Crippen LogP contribution in [0.3, 0.4) is 0 Å². The fraction of sp³-hybridized carbons (Fsp3) is 0.261. The molecular weight excluding hydrogens is 412 g/mol. The quantitative estimate of drug-likeness (QED) is 0.452. The van der Waals surface area contributed by atoms with Gasteiger partial charge in [0.25, 0.3) is 0 Å². The summed E-state index contributed by atoms with van der Waals surface area (Å²) in [5.74, 6) is 1.18. The van der Waals surface area contributed by atoms with Gasteiger partial charge >= 0.3 is 0 Å². The molecule has 8 heteroatoms. The van der Waals surface area contributed by atoms with Gasteiger partial charge in [0.2, 0.25) is 0 Å². The van der Waals surface area contributed by atoms with Gasteiger partial charge in [0.1, 0.15) is 17.5 Å². The first-order chi connectivity index (χ1) is 15.1. The minimum absolute atomic E-state index is 0.0871. The van der Waals surface area contributed by atoms with Crippen molar-refractivity contribution < 1.29 is 14.3 Å². The predicted molar refractivity (Wildman–Crippen MR) is 126 cm³/mol. The minimum atomic E-state index is -0.575. The fourth-order valence-corrected chi connectivity index (χ4v) is 4.04. The van der Waals surface area contributed by atoms with E-state index in [2.05, 4.69) is 20.8 Å². The molecule has 3 rings (SSSR count). The Balaban J connectivity index is 2.02. The van der Waals surface area contributed by atoms with Gasteiger partial charge in [-0.15, -0.1) is 0 Å². The highest BCUT2D eigenvalue weighted by Crippen LogP contribution is 2.30. The number of carbonyl (C=O) groups is 1. The zero-order valence-electron chi connectivity index (χ0n) is 17.8. The molecule has 0 saturated heterocycles. The standard InChI is InChI=1S/C23H26N4O3S/c1-25-13-16(12-24)21-20(14-31-27-21)23(28)22(15-7-5-4-6-8-15)26-17-9-18(29-2)11-19(10-17)30-3/h4-5,7,9-14,22,26H,6,8,24H2,1-3H3. The summed E-state index contributed by atoms with van der Waals surface area (Å²) in [5, 5.41) is 5.14. The number of nitrogens with one attached hydrogen (secondary N) is 1. The van der Waals surface area contributed by atoms with Crippen molar-refractivity contribution in [1.82, 2.24) is 4.37 Å². The van der Waals surface area contributed by atoms with E-state index in [1.165, 1.54) is 17.7 Å². The zero-order chi connectivity index (χ0) is 22.2. The summed E-state index contributed by atoms with van der Waals surface area (Å²) >= 11 is 1.22. The smallest absolute Gasteiger partial charge is 0.192 e. The second kappa shape index (κ2) is 10.6. The molecule has 1 atom stereocenters. The Morgan fingerprint density at radius 1 is 1.29 bits per heavy atom. The first-order valence-corrected chi connectivity index (χ1v) is 10.6. The lowest BCUT2D eigenvalue weighted by molar-refractivity contribution is 0.0980. The average molecular weight is 439 g/mol. The lowest BCUT2D eigenvalue weighted by Gasteiger charge is -2.23. The monoisotopic (exact) mass is 438 g/mol. The van der Waals surface area contributed by atoms with Crippen LogP contribution in [0.5, 0.6) is 11.5 Å². The molecule has 1 aromatic heterocycles. The van der Waals surface area contributed by atoms with Gasteiger partial charge < -0.3 is 20.5 Å². The van der Waals surface area contributed by atoms with Crippen molar-refractivity contribution in [2.24, 2.45) is 10.7 Å². The Labute approximate surface area is 186 Å². The lowest BCUT2D eigenvalue weighted by atomic mass is 9.91. The highest BCUT2D eigenvalue weighted by atomic mass is 32.1. The number of aromatic nitrogens is 1. The molecule has 0 fully saturated rings. The van der Waals surface area contributed by atoms with Gasteiger partial charge in [-0.25, -0.2) is 0 Å². The average Bonchev–Trinajstić information content (AvgIpc) is 3.30. The number of methoxy groups -OCH3 is 2. The molecule has 1 unspecified atom stereocenters. The van der Waals surface area contributed by atoms with E-state index in [1.807, 2.05) is 24.3 Å². The number of ether oxygens (including phenoxy) is 2. The van der Waals surface area contributed by atoms with Crippen molar-refractivity contribution in [1.29, 1.82) is 0 Å². The molecule has 162 valence electrons. The first kappa shape index (κ1) is 22.3. The lowest BCUT2D eigenvalue weighted by Crippen LogP contribution is -2.32.